The fourth-order valence-electron chi connectivity index (χ4n) is 1.33. The second-order valence-electron chi connectivity index (χ2n) is 3.32. The molecule has 3 N–H and O–H groups in total. The summed E-state index contributed by atoms with van der Waals surface area (Å²) in [5.41, 5.74) is 7.31. The number of anilines is 2. The van der Waals surface area contributed by atoms with Crippen LogP contribution in [0, 0.1) is 6.07 Å². The number of amides is 1. The second kappa shape index (κ2) is 4.49. The topological polar surface area (TPSA) is 55.1 Å². The Kier molecular flexibility index (Phi) is 2.87. The second-order valence-corrected chi connectivity index (χ2v) is 3.32. The van der Waals surface area contributed by atoms with E-state index >= 15 is 0 Å². The molecule has 0 unspecified atom stereocenters. The molecule has 3 nitrogen and oxygen atoms in total. The van der Waals surface area contributed by atoms with E-state index in [2.05, 4.69) is 11.4 Å². The number of nitrogen functional groups attached to an aromatic ring is 1. The Morgan fingerprint density at radius 2 is 1.88 bits per heavy atom. The van der Waals surface area contributed by atoms with Crippen LogP contribution in [0.1, 0.15) is 10.4 Å². The van der Waals surface area contributed by atoms with Crippen LogP contribution < -0.4 is 11.1 Å². The molecule has 0 aromatic heterocycles. The highest BCUT2D eigenvalue weighted by Gasteiger charge is 2.06. The van der Waals surface area contributed by atoms with E-state index < -0.39 is 0 Å². The third kappa shape index (κ3) is 2.20. The highest BCUT2D eigenvalue weighted by atomic mass is 16.1. The predicted molar refractivity (Wildman–Crippen MR) is 64.1 cm³/mol. The summed E-state index contributed by atoms with van der Waals surface area (Å²) < 4.78 is 0. The van der Waals surface area contributed by atoms with Gasteiger partial charge in [0.2, 0.25) is 0 Å². The summed E-state index contributed by atoms with van der Waals surface area (Å²) in [7, 11) is 0. The van der Waals surface area contributed by atoms with Crippen molar-refractivity contribution < 1.29 is 4.79 Å². The van der Waals surface area contributed by atoms with Crippen LogP contribution in [0.4, 0.5) is 11.4 Å². The molecule has 0 saturated carbocycles. The molecule has 2 aromatic rings. The lowest BCUT2D eigenvalue weighted by Crippen LogP contribution is -2.12. The molecule has 0 aliphatic carbocycles. The van der Waals surface area contributed by atoms with Crippen molar-refractivity contribution in [3.63, 3.8) is 0 Å². The van der Waals surface area contributed by atoms with Crippen molar-refractivity contribution in [2.24, 2.45) is 0 Å². The highest BCUT2D eigenvalue weighted by Crippen LogP contribution is 2.16. The van der Waals surface area contributed by atoms with Crippen molar-refractivity contribution >= 4 is 17.3 Å². The van der Waals surface area contributed by atoms with E-state index in [4.69, 9.17) is 5.73 Å². The molecular weight excluding hydrogens is 200 g/mol. The van der Waals surface area contributed by atoms with Gasteiger partial charge in [-0.05, 0) is 18.2 Å². The lowest BCUT2D eigenvalue weighted by Gasteiger charge is -2.06. The van der Waals surface area contributed by atoms with Gasteiger partial charge in [0, 0.05) is 11.6 Å². The third-order valence-corrected chi connectivity index (χ3v) is 2.16. The molecule has 0 spiro atoms. The van der Waals surface area contributed by atoms with Gasteiger partial charge in [-0.3, -0.25) is 4.79 Å². The van der Waals surface area contributed by atoms with E-state index in [0.29, 0.717) is 16.9 Å². The number of carbonyl (C=O) groups excluding carboxylic acids is 1. The maximum Gasteiger partial charge on any atom is 0.255 e. The number of nitrogens with one attached hydrogen (secondary N) is 1. The smallest absolute Gasteiger partial charge is 0.255 e. The van der Waals surface area contributed by atoms with Crippen molar-refractivity contribution in [1.82, 2.24) is 0 Å². The standard InChI is InChI=1S/C13H11N2O/c14-11-8-4-5-9-12(11)15-13(16)10-6-2-1-3-7-10/h1-8H,14H2,(H,15,16). The summed E-state index contributed by atoms with van der Waals surface area (Å²) in [6.45, 7) is 0. The van der Waals surface area contributed by atoms with Crippen LogP contribution in [-0.4, -0.2) is 5.91 Å². The summed E-state index contributed by atoms with van der Waals surface area (Å²) in [5.74, 6) is -0.185. The zero-order valence-corrected chi connectivity index (χ0v) is 8.60. The van der Waals surface area contributed by atoms with Crippen molar-refractivity contribution in [2.75, 3.05) is 11.1 Å². The first kappa shape index (κ1) is 10.2. The molecule has 3 heteroatoms. The maximum absolute atomic E-state index is 11.8. The van der Waals surface area contributed by atoms with Gasteiger partial charge < -0.3 is 11.1 Å². The van der Waals surface area contributed by atoms with Gasteiger partial charge in [-0.2, -0.15) is 0 Å². The van der Waals surface area contributed by atoms with E-state index in [-0.39, 0.29) is 5.91 Å². The van der Waals surface area contributed by atoms with Gasteiger partial charge in [0.25, 0.3) is 5.91 Å². The van der Waals surface area contributed by atoms with Gasteiger partial charge in [0.05, 0.1) is 11.4 Å². The SMILES string of the molecule is Nc1ccc[c]c1NC(=O)c1ccccc1. The van der Waals surface area contributed by atoms with Gasteiger partial charge in [0.1, 0.15) is 0 Å². The van der Waals surface area contributed by atoms with E-state index in [1.807, 2.05) is 18.2 Å². The molecular formula is C13H11N2O. The summed E-state index contributed by atoms with van der Waals surface area (Å²) in [5, 5.41) is 2.71. The highest BCUT2D eigenvalue weighted by molar-refractivity contribution is 6.05. The van der Waals surface area contributed by atoms with Gasteiger partial charge in [0.15, 0.2) is 0 Å². The lowest BCUT2D eigenvalue weighted by molar-refractivity contribution is 0.102. The van der Waals surface area contributed by atoms with Gasteiger partial charge >= 0.3 is 0 Å². The molecule has 0 aliphatic heterocycles. The van der Waals surface area contributed by atoms with Crippen molar-refractivity contribution in [2.45, 2.75) is 0 Å². The Morgan fingerprint density at radius 1 is 1.12 bits per heavy atom. The minimum absolute atomic E-state index is 0.185. The largest absolute Gasteiger partial charge is 0.397 e. The minimum Gasteiger partial charge on any atom is -0.397 e. The molecule has 1 radical (unpaired) electrons. The van der Waals surface area contributed by atoms with Crippen LogP contribution >= 0.6 is 0 Å². The maximum atomic E-state index is 11.8. The number of para-hydroxylation sites is 1. The molecule has 0 aliphatic rings. The van der Waals surface area contributed by atoms with E-state index in [0.717, 1.165) is 0 Å². The monoisotopic (exact) mass is 211 g/mol. The molecule has 2 aromatic carbocycles. The molecule has 0 heterocycles. The first-order chi connectivity index (χ1) is 7.77. The Balaban J connectivity index is 2.18. The zero-order chi connectivity index (χ0) is 11.4. The molecule has 0 atom stereocenters. The third-order valence-electron chi connectivity index (χ3n) is 2.16. The number of rotatable bonds is 2. The van der Waals surface area contributed by atoms with Crippen LogP contribution in [0.3, 0.4) is 0 Å². The molecule has 79 valence electrons. The Labute approximate surface area is 93.9 Å². The molecule has 0 saturated heterocycles. The number of hydrogen-bond donors (Lipinski definition) is 2. The van der Waals surface area contributed by atoms with Crippen molar-refractivity contribution in [3.05, 3.63) is 60.2 Å². The van der Waals surface area contributed by atoms with E-state index in [1.54, 1.807) is 30.3 Å². The summed E-state index contributed by atoms with van der Waals surface area (Å²) in [4.78, 5) is 11.8. The first-order valence-corrected chi connectivity index (χ1v) is 4.90. The van der Waals surface area contributed by atoms with Crippen LogP contribution in [0.2, 0.25) is 0 Å². The van der Waals surface area contributed by atoms with E-state index in [9.17, 15) is 4.79 Å². The fraction of sp³-hybridized carbons (Fsp3) is 0. The fourth-order valence-corrected chi connectivity index (χ4v) is 1.33. The molecule has 0 bridgehead atoms. The van der Waals surface area contributed by atoms with Crippen molar-refractivity contribution in [1.29, 1.82) is 0 Å². The Hall–Kier alpha value is -2.29. The van der Waals surface area contributed by atoms with Gasteiger partial charge in [-0.1, -0.05) is 30.3 Å². The number of benzene rings is 2. The molecule has 2 rings (SSSR count). The van der Waals surface area contributed by atoms with E-state index in [1.165, 1.54) is 0 Å². The Bertz CT molecular complexity index is 494. The summed E-state index contributed by atoms with van der Waals surface area (Å²) >= 11 is 0. The first-order valence-electron chi connectivity index (χ1n) is 4.90. The quantitative estimate of drug-likeness (QED) is 0.749. The minimum atomic E-state index is -0.185. The van der Waals surface area contributed by atoms with Crippen LogP contribution in [0.25, 0.3) is 0 Å². The summed E-state index contributed by atoms with van der Waals surface area (Å²) in [6, 6.07) is 17.1. The average molecular weight is 211 g/mol. The number of carbonyl (C=O) groups is 1. The lowest BCUT2D eigenvalue weighted by atomic mass is 10.2. The van der Waals surface area contributed by atoms with Crippen LogP contribution in [-0.2, 0) is 0 Å². The number of hydrogen-bond acceptors (Lipinski definition) is 2. The molecule has 16 heavy (non-hydrogen) atoms. The van der Waals surface area contributed by atoms with Gasteiger partial charge in [-0.25, -0.2) is 0 Å². The average Bonchev–Trinajstić information content (AvgIpc) is 2.33. The zero-order valence-electron chi connectivity index (χ0n) is 8.60. The van der Waals surface area contributed by atoms with Crippen LogP contribution in [0.5, 0.6) is 0 Å². The van der Waals surface area contributed by atoms with Crippen molar-refractivity contribution in [3.8, 4) is 0 Å². The number of nitrogens with two attached hydrogens (primary N) is 1. The molecule has 0 fully saturated rings. The predicted octanol–water partition coefficient (Wildman–Crippen LogP) is 2.32. The van der Waals surface area contributed by atoms with Crippen LogP contribution in [0.15, 0.2) is 48.5 Å². The molecule has 1 amide bonds. The summed E-state index contributed by atoms with van der Waals surface area (Å²) in [6.07, 6.45) is 0. The normalized spacial score (nSPS) is 9.75. The van der Waals surface area contributed by atoms with Gasteiger partial charge in [-0.15, -0.1) is 0 Å². The Morgan fingerprint density at radius 3 is 2.56 bits per heavy atom.